The van der Waals surface area contributed by atoms with Crippen LogP contribution < -0.4 is 5.32 Å². The number of nitrogens with zero attached hydrogens (tertiary/aromatic N) is 1. The van der Waals surface area contributed by atoms with Crippen LogP contribution in [0.15, 0.2) is 48.5 Å². The van der Waals surface area contributed by atoms with Crippen molar-refractivity contribution < 1.29 is 4.79 Å². The van der Waals surface area contributed by atoms with Gasteiger partial charge in [-0.25, -0.2) is 0 Å². The van der Waals surface area contributed by atoms with Crippen LogP contribution in [0.2, 0.25) is 5.02 Å². The number of carbonyl (C=O) groups excluding carboxylic acids is 1. The van der Waals surface area contributed by atoms with Crippen molar-refractivity contribution in [3.63, 3.8) is 0 Å². The second-order valence-corrected chi connectivity index (χ2v) is 6.60. The zero-order valence-corrected chi connectivity index (χ0v) is 15.2. The van der Waals surface area contributed by atoms with E-state index in [0.29, 0.717) is 18.1 Å². The lowest BCUT2D eigenvalue weighted by atomic mass is 9.95. The second-order valence-electron chi connectivity index (χ2n) is 6.19. The van der Waals surface area contributed by atoms with Gasteiger partial charge in [0.1, 0.15) is 0 Å². The molecule has 2 aromatic rings. The molecule has 0 aromatic heterocycles. The number of rotatable bonds is 5. The fourth-order valence-electron chi connectivity index (χ4n) is 3.16. The molecule has 0 saturated heterocycles. The minimum Gasteiger partial charge on any atom is -0.335 e. The summed E-state index contributed by atoms with van der Waals surface area (Å²) in [7, 11) is 0. The molecule has 0 fully saturated rings. The van der Waals surface area contributed by atoms with E-state index in [1.54, 1.807) is 11.0 Å². The molecular weight excluding hydrogens is 332 g/mol. The molecular formula is C21H23ClN2O. The highest BCUT2D eigenvalue weighted by atomic mass is 35.5. The van der Waals surface area contributed by atoms with Crippen LogP contribution in [0, 0.1) is 0 Å². The molecule has 1 heterocycles. The fraction of sp³-hybridized carbons (Fsp3) is 0.286. The largest absolute Gasteiger partial charge is 0.335 e. The molecule has 1 aliphatic rings. The van der Waals surface area contributed by atoms with Crippen molar-refractivity contribution in [3.8, 4) is 0 Å². The average molecular weight is 355 g/mol. The third kappa shape index (κ3) is 4.30. The number of hydrogen-bond donors (Lipinski definition) is 1. The van der Waals surface area contributed by atoms with Gasteiger partial charge in [0.15, 0.2) is 0 Å². The van der Waals surface area contributed by atoms with Crippen LogP contribution in [0.4, 0.5) is 0 Å². The Kier molecular flexibility index (Phi) is 5.90. The van der Waals surface area contributed by atoms with Crippen LogP contribution in [-0.2, 0) is 24.3 Å². The predicted octanol–water partition coefficient (Wildman–Crippen LogP) is 4.05. The molecule has 1 N–H and O–H groups in total. The van der Waals surface area contributed by atoms with Crippen LogP contribution >= 0.6 is 11.6 Å². The third-order valence-corrected chi connectivity index (χ3v) is 4.96. The van der Waals surface area contributed by atoms with Crippen molar-refractivity contribution in [1.82, 2.24) is 10.2 Å². The van der Waals surface area contributed by atoms with Crippen molar-refractivity contribution in [2.75, 3.05) is 13.1 Å². The van der Waals surface area contributed by atoms with Gasteiger partial charge in [-0.05, 0) is 54.3 Å². The topological polar surface area (TPSA) is 32.3 Å². The first kappa shape index (κ1) is 17.7. The van der Waals surface area contributed by atoms with E-state index in [9.17, 15) is 4.79 Å². The number of carbonyl (C=O) groups is 1. The summed E-state index contributed by atoms with van der Waals surface area (Å²) in [6.45, 7) is 5.04. The van der Waals surface area contributed by atoms with E-state index in [4.69, 9.17) is 11.6 Å². The van der Waals surface area contributed by atoms with E-state index < -0.39 is 0 Å². The molecule has 0 radical (unpaired) electrons. The van der Waals surface area contributed by atoms with Gasteiger partial charge in [0, 0.05) is 30.7 Å². The van der Waals surface area contributed by atoms with Crippen molar-refractivity contribution in [2.24, 2.45) is 0 Å². The molecule has 2 aromatic carbocycles. The van der Waals surface area contributed by atoms with Crippen LogP contribution in [0.25, 0.3) is 6.08 Å². The number of benzene rings is 2. The number of amides is 1. The average Bonchev–Trinajstić information content (AvgIpc) is 2.65. The Morgan fingerprint density at radius 3 is 2.88 bits per heavy atom. The zero-order chi connectivity index (χ0) is 17.6. The van der Waals surface area contributed by atoms with Gasteiger partial charge in [-0.1, -0.05) is 48.0 Å². The predicted molar refractivity (Wildman–Crippen MR) is 103 cm³/mol. The van der Waals surface area contributed by atoms with Crippen molar-refractivity contribution in [3.05, 3.63) is 75.8 Å². The van der Waals surface area contributed by atoms with Crippen LogP contribution in [0.1, 0.15) is 29.2 Å². The second kappa shape index (κ2) is 8.32. The number of halogens is 1. The Morgan fingerprint density at radius 1 is 1.24 bits per heavy atom. The summed E-state index contributed by atoms with van der Waals surface area (Å²) in [6.07, 6.45) is 4.63. The first-order valence-electron chi connectivity index (χ1n) is 8.71. The van der Waals surface area contributed by atoms with Gasteiger partial charge < -0.3 is 10.2 Å². The molecule has 4 heteroatoms. The summed E-state index contributed by atoms with van der Waals surface area (Å²) >= 11 is 6.22. The van der Waals surface area contributed by atoms with Gasteiger partial charge in [0.25, 0.3) is 0 Å². The minimum atomic E-state index is 0.00829. The van der Waals surface area contributed by atoms with Gasteiger partial charge in [-0.3, -0.25) is 4.79 Å². The normalized spacial score (nSPS) is 13.7. The highest BCUT2D eigenvalue weighted by Gasteiger charge is 2.13. The highest BCUT2D eigenvalue weighted by molar-refractivity contribution is 6.31. The van der Waals surface area contributed by atoms with Gasteiger partial charge >= 0.3 is 0 Å². The Hall–Kier alpha value is -2.10. The zero-order valence-electron chi connectivity index (χ0n) is 14.5. The summed E-state index contributed by atoms with van der Waals surface area (Å²) < 4.78 is 0. The van der Waals surface area contributed by atoms with Crippen molar-refractivity contribution in [1.29, 1.82) is 0 Å². The summed E-state index contributed by atoms with van der Waals surface area (Å²) in [5.41, 5.74) is 4.78. The smallest absolute Gasteiger partial charge is 0.246 e. The lowest BCUT2D eigenvalue weighted by Crippen LogP contribution is -2.28. The van der Waals surface area contributed by atoms with Gasteiger partial charge in [0.05, 0.1) is 0 Å². The van der Waals surface area contributed by atoms with Crippen LogP contribution in [-0.4, -0.2) is 23.9 Å². The standard InChI is InChI=1S/C21H23ClN2O/c1-2-24(15-18-6-3-4-9-20(18)22)21(25)11-10-16-7-5-8-17-14-23-13-12-19(16)17/h3-11,23H,2,12-15H2,1H3/b11-10+. The molecule has 0 atom stereocenters. The lowest BCUT2D eigenvalue weighted by molar-refractivity contribution is -0.126. The van der Waals surface area contributed by atoms with Gasteiger partial charge in [-0.15, -0.1) is 0 Å². The summed E-state index contributed by atoms with van der Waals surface area (Å²) in [5.74, 6) is 0.00829. The molecule has 130 valence electrons. The van der Waals surface area contributed by atoms with Crippen LogP contribution in [0.5, 0.6) is 0 Å². The molecule has 25 heavy (non-hydrogen) atoms. The number of fused-ring (bicyclic) bond motifs is 1. The first-order valence-corrected chi connectivity index (χ1v) is 9.08. The molecule has 0 spiro atoms. The monoisotopic (exact) mass is 354 g/mol. The highest BCUT2D eigenvalue weighted by Crippen LogP contribution is 2.20. The maximum absolute atomic E-state index is 12.6. The molecule has 0 aliphatic carbocycles. The summed E-state index contributed by atoms with van der Waals surface area (Å²) in [5, 5.41) is 4.08. The van der Waals surface area contributed by atoms with Crippen molar-refractivity contribution >= 4 is 23.6 Å². The fourth-order valence-corrected chi connectivity index (χ4v) is 3.36. The SMILES string of the molecule is CCN(Cc1ccccc1Cl)C(=O)/C=C/c1cccc2c1CCNC2. The molecule has 3 rings (SSSR count). The quantitative estimate of drug-likeness (QED) is 0.821. The number of nitrogens with one attached hydrogen (secondary N) is 1. The number of likely N-dealkylation sites (N-methyl/N-ethyl adjacent to an activating group) is 1. The summed E-state index contributed by atoms with van der Waals surface area (Å²) in [4.78, 5) is 14.4. The first-order chi connectivity index (χ1) is 12.2. The lowest BCUT2D eigenvalue weighted by Gasteiger charge is -2.21. The Morgan fingerprint density at radius 2 is 2.08 bits per heavy atom. The van der Waals surface area contributed by atoms with E-state index >= 15 is 0 Å². The molecule has 0 unspecified atom stereocenters. The van der Waals surface area contributed by atoms with Crippen LogP contribution in [0.3, 0.4) is 0 Å². The molecule has 1 aliphatic heterocycles. The molecule has 0 saturated carbocycles. The Balaban J connectivity index is 1.74. The maximum atomic E-state index is 12.6. The van der Waals surface area contributed by atoms with Gasteiger partial charge in [-0.2, -0.15) is 0 Å². The van der Waals surface area contributed by atoms with E-state index in [1.807, 2.05) is 37.3 Å². The van der Waals surface area contributed by atoms with E-state index in [0.717, 1.165) is 30.6 Å². The maximum Gasteiger partial charge on any atom is 0.246 e. The third-order valence-electron chi connectivity index (χ3n) is 4.59. The minimum absolute atomic E-state index is 0.00829. The molecule has 3 nitrogen and oxygen atoms in total. The van der Waals surface area contributed by atoms with Crippen molar-refractivity contribution in [2.45, 2.75) is 26.4 Å². The Labute approximate surface area is 154 Å². The van der Waals surface area contributed by atoms with E-state index in [-0.39, 0.29) is 5.91 Å². The molecule has 0 bridgehead atoms. The van der Waals surface area contributed by atoms with E-state index in [1.165, 1.54) is 11.1 Å². The van der Waals surface area contributed by atoms with E-state index in [2.05, 4.69) is 23.5 Å². The Bertz CT molecular complexity index is 785. The number of hydrogen-bond acceptors (Lipinski definition) is 2. The molecule has 1 amide bonds. The summed E-state index contributed by atoms with van der Waals surface area (Å²) in [6, 6.07) is 13.9. The van der Waals surface area contributed by atoms with Gasteiger partial charge in [0.2, 0.25) is 5.91 Å².